The molecule has 0 saturated carbocycles. The molecule has 132 valence electrons. The van der Waals surface area contributed by atoms with E-state index in [1.807, 2.05) is 42.5 Å². The van der Waals surface area contributed by atoms with Crippen molar-refractivity contribution in [1.29, 1.82) is 0 Å². The number of nitrogens with one attached hydrogen (secondary N) is 1. The molecule has 1 heterocycles. The number of carbonyl (C=O) groups excluding carboxylic acids is 1. The van der Waals surface area contributed by atoms with Crippen LogP contribution in [0, 0.1) is 0 Å². The van der Waals surface area contributed by atoms with E-state index < -0.39 is 0 Å². The highest BCUT2D eigenvalue weighted by molar-refractivity contribution is 5.75. The molecule has 0 unspecified atom stereocenters. The molecule has 0 aliphatic carbocycles. The molecule has 0 spiro atoms. The molecule has 0 saturated heterocycles. The molecule has 26 heavy (non-hydrogen) atoms. The van der Waals surface area contributed by atoms with Gasteiger partial charge in [0.15, 0.2) is 0 Å². The number of hydrogen-bond donors (Lipinski definition) is 1. The summed E-state index contributed by atoms with van der Waals surface area (Å²) in [5.41, 5.74) is 2.09. The Morgan fingerprint density at radius 1 is 1.12 bits per heavy atom. The maximum absolute atomic E-state index is 12.3. The van der Waals surface area contributed by atoms with E-state index in [0.717, 1.165) is 16.9 Å². The van der Waals surface area contributed by atoms with Crippen molar-refractivity contribution in [1.82, 2.24) is 14.9 Å². The van der Waals surface area contributed by atoms with Gasteiger partial charge in [-0.05, 0) is 29.8 Å². The smallest absolute Gasteiger partial charge is 0.254 e. The van der Waals surface area contributed by atoms with E-state index in [2.05, 4.69) is 10.3 Å². The first-order valence-electron chi connectivity index (χ1n) is 8.17. The minimum absolute atomic E-state index is 0.0679. The quantitative estimate of drug-likeness (QED) is 0.741. The molecule has 1 amide bonds. The minimum Gasteiger partial charge on any atom is -0.497 e. The second-order valence-corrected chi connectivity index (χ2v) is 5.73. The standard InChI is InChI=1S/C20H19N3O3/c1-26-17-9-7-16(8-10-17)18-11-20(25)23(14-22-18)13-19(24)21-12-15-5-3-2-4-6-15/h2-11,14H,12-13H2,1H3,(H,21,24). The number of hydrogen-bond acceptors (Lipinski definition) is 4. The summed E-state index contributed by atoms with van der Waals surface area (Å²) in [6, 6.07) is 18.3. The fourth-order valence-corrected chi connectivity index (χ4v) is 2.47. The van der Waals surface area contributed by atoms with Crippen LogP contribution in [0.5, 0.6) is 5.75 Å². The number of methoxy groups -OCH3 is 1. The topological polar surface area (TPSA) is 73.2 Å². The van der Waals surface area contributed by atoms with E-state index in [-0.39, 0.29) is 18.0 Å². The number of benzene rings is 2. The third-order valence-corrected chi connectivity index (χ3v) is 3.91. The second-order valence-electron chi connectivity index (χ2n) is 5.73. The molecule has 0 fully saturated rings. The third-order valence-electron chi connectivity index (χ3n) is 3.91. The number of rotatable bonds is 6. The van der Waals surface area contributed by atoms with Crippen LogP contribution >= 0.6 is 0 Å². The second kappa shape index (κ2) is 8.11. The first kappa shape index (κ1) is 17.4. The van der Waals surface area contributed by atoms with E-state index in [4.69, 9.17) is 4.74 Å². The fraction of sp³-hybridized carbons (Fsp3) is 0.150. The van der Waals surface area contributed by atoms with Crippen LogP contribution in [0.25, 0.3) is 11.3 Å². The summed E-state index contributed by atoms with van der Waals surface area (Å²) < 4.78 is 6.40. The highest BCUT2D eigenvalue weighted by Gasteiger charge is 2.07. The van der Waals surface area contributed by atoms with Crippen molar-refractivity contribution in [2.45, 2.75) is 13.1 Å². The van der Waals surface area contributed by atoms with E-state index in [1.54, 1.807) is 19.2 Å². The molecule has 0 aliphatic rings. The Labute approximate surface area is 151 Å². The van der Waals surface area contributed by atoms with Crippen LogP contribution in [0.15, 0.2) is 71.8 Å². The van der Waals surface area contributed by atoms with Crippen molar-refractivity contribution in [2.24, 2.45) is 0 Å². The average molecular weight is 349 g/mol. The molecular weight excluding hydrogens is 330 g/mol. The minimum atomic E-state index is -0.277. The van der Waals surface area contributed by atoms with Gasteiger partial charge >= 0.3 is 0 Å². The lowest BCUT2D eigenvalue weighted by Gasteiger charge is -2.08. The number of nitrogens with zero attached hydrogens (tertiary/aromatic N) is 2. The predicted octanol–water partition coefficient (Wildman–Crippen LogP) is 2.24. The van der Waals surface area contributed by atoms with E-state index in [0.29, 0.717) is 12.2 Å². The van der Waals surface area contributed by atoms with Gasteiger partial charge in [0, 0.05) is 18.2 Å². The first-order chi connectivity index (χ1) is 12.7. The normalized spacial score (nSPS) is 10.3. The van der Waals surface area contributed by atoms with Crippen LogP contribution in [-0.4, -0.2) is 22.6 Å². The van der Waals surface area contributed by atoms with Gasteiger partial charge in [-0.1, -0.05) is 30.3 Å². The zero-order valence-corrected chi connectivity index (χ0v) is 14.4. The maximum Gasteiger partial charge on any atom is 0.254 e. The number of amides is 1. The highest BCUT2D eigenvalue weighted by atomic mass is 16.5. The van der Waals surface area contributed by atoms with Crippen molar-refractivity contribution in [2.75, 3.05) is 7.11 Å². The number of aromatic nitrogens is 2. The van der Waals surface area contributed by atoms with Crippen LogP contribution in [0.2, 0.25) is 0 Å². The van der Waals surface area contributed by atoms with Crippen molar-refractivity contribution in [3.8, 4) is 17.0 Å². The molecule has 0 aliphatic heterocycles. The van der Waals surface area contributed by atoms with Gasteiger partial charge in [-0.2, -0.15) is 0 Å². The molecule has 3 rings (SSSR count). The van der Waals surface area contributed by atoms with E-state index >= 15 is 0 Å². The molecule has 6 nitrogen and oxygen atoms in total. The Kier molecular flexibility index (Phi) is 5.43. The van der Waals surface area contributed by atoms with Gasteiger partial charge in [0.2, 0.25) is 5.91 Å². The summed E-state index contributed by atoms with van der Waals surface area (Å²) in [5, 5.41) is 2.79. The van der Waals surface area contributed by atoms with Crippen LogP contribution < -0.4 is 15.6 Å². The zero-order chi connectivity index (χ0) is 18.4. The first-order valence-corrected chi connectivity index (χ1v) is 8.17. The predicted molar refractivity (Wildman–Crippen MR) is 98.8 cm³/mol. The molecule has 0 bridgehead atoms. The van der Waals surface area contributed by atoms with E-state index in [1.165, 1.54) is 17.0 Å². The van der Waals surface area contributed by atoms with Crippen LogP contribution in [-0.2, 0) is 17.9 Å². The van der Waals surface area contributed by atoms with Crippen LogP contribution in [0.4, 0.5) is 0 Å². The zero-order valence-electron chi connectivity index (χ0n) is 14.4. The summed E-state index contributed by atoms with van der Waals surface area (Å²) in [5.74, 6) is 0.493. The number of ether oxygens (including phenoxy) is 1. The lowest BCUT2D eigenvalue weighted by Crippen LogP contribution is -2.31. The van der Waals surface area contributed by atoms with Crippen molar-refractivity contribution in [3.05, 3.63) is 82.9 Å². The summed E-state index contributed by atoms with van der Waals surface area (Å²) >= 11 is 0. The van der Waals surface area contributed by atoms with Gasteiger partial charge in [0.05, 0.1) is 19.1 Å². The summed E-state index contributed by atoms with van der Waals surface area (Å²) in [7, 11) is 1.59. The summed E-state index contributed by atoms with van der Waals surface area (Å²) in [6.45, 7) is 0.355. The van der Waals surface area contributed by atoms with Gasteiger partial charge in [-0.15, -0.1) is 0 Å². The summed E-state index contributed by atoms with van der Waals surface area (Å²) in [4.78, 5) is 28.6. The lowest BCUT2D eigenvalue weighted by molar-refractivity contribution is -0.121. The van der Waals surface area contributed by atoms with Crippen LogP contribution in [0.3, 0.4) is 0 Å². The highest BCUT2D eigenvalue weighted by Crippen LogP contribution is 2.19. The fourth-order valence-electron chi connectivity index (χ4n) is 2.47. The lowest BCUT2D eigenvalue weighted by atomic mass is 10.1. The molecule has 0 atom stereocenters. The SMILES string of the molecule is COc1ccc(-c2cc(=O)n(CC(=O)NCc3ccccc3)cn2)cc1. The Balaban J connectivity index is 1.65. The van der Waals surface area contributed by atoms with Crippen molar-refractivity contribution >= 4 is 5.91 Å². The van der Waals surface area contributed by atoms with Gasteiger partial charge in [-0.25, -0.2) is 4.98 Å². The molecule has 0 radical (unpaired) electrons. The van der Waals surface area contributed by atoms with Crippen molar-refractivity contribution < 1.29 is 9.53 Å². The Morgan fingerprint density at radius 2 is 1.85 bits per heavy atom. The van der Waals surface area contributed by atoms with Gasteiger partial charge < -0.3 is 10.1 Å². The third kappa shape index (κ3) is 4.36. The maximum atomic E-state index is 12.3. The molecule has 6 heteroatoms. The van der Waals surface area contributed by atoms with Gasteiger partial charge in [0.1, 0.15) is 12.3 Å². The number of carbonyl (C=O) groups is 1. The van der Waals surface area contributed by atoms with Gasteiger partial charge in [0.25, 0.3) is 5.56 Å². The monoisotopic (exact) mass is 349 g/mol. The summed E-state index contributed by atoms with van der Waals surface area (Å²) in [6.07, 6.45) is 1.39. The molecule has 1 aromatic heterocycles. The Morgan fingerprint density at radius 3 is 2.50 bits per heavy atom. The molecule has 2 aromatic carbocycles. The molecule has 1 N–H and O–H groups in total. The van der Waals surface area contributed by atoms with Crippen LogP contribution in [0.1, 0.15) is 5.56 Å². The van der Waals surface area contributed by atoms with E-state index in [9.17, 15) is 9.59 Å². The largest absolute Gasteiger partial charge is 0.497 e. The molecule has 3 aromatic rings. The Bertz CT molecular complexity index is 935. The Hall–Kier alpha value is -3.41. The van der Waals surface area contributed by atoms with Crippen molar-refractivity contribution in [3.63, 3.8) is 0 Å². The van der Waals surface area contributed by atoms with Gasteiger partial charge in [-0.3, -0.25) is 14.2 Å². The molecular formula is C20H19N3O3. The average Bonchev–Trinajstić information content (AvgIpc) is 2.69.